The van der Waals surface area contributed by atoms with Gasteiger partial charge in [0.1, 0.15) is 5.75 Å². The number of rotatable bonds is 3. The molecule has 0 amide bonds. The molecule has 0 bridgehead atoms. The Labute approximate surface area is 95.7 Å². The van der Waals surface area contributed by atoms with Crippen molar-refractivity contribution < 1.29 is 15.0 Å². The van der Waals surface area contributed by atoms with Crippen LogP contribution in [0.4, 0.5) is 0 Å². The molecule has 88 valence electrons. The first-order chi connectivity index (χ1) is 7.24. The third kappa shape index (κ3) is 2.54. The SMILES string of the molecule is Cc1cc(CC(C)(C)C(=O)O)cc(O)c1C. The van der Waals surface area contributed by atoms with Crippen LogP contribution in [0.3, 0.4) is 0 Å². The molecule has 0 aliphatic carbocycles. The Morgan fingerprint density at radius 3 is 2.31 bits per heavy atom. The number of aromatic hydroxyl groups is 1. The van der Waals surface area contributed by atoms with E-state index in [2.05, 4.69) is 0 Å². The van der Waals surface area contributed by atoms with Gasteiger partial charge in [-0.05, 0) is 56.9 Å². The van der Waals surface area contributed by atoms with Crippen molar-refractivity contribution in [1.29, 1.82) is 0 Å². The Morgan fingerprint density at radius 2 is 1.88 bits per heavy atom. The second-order valence-electron chi connectivity index (χ2n) is 4.92. The highest BCUT2D eigenvalue weighted by Gasteiger charge is 2.27. The number of phenolic OH excluding ortho intramolecular Hbond substituents is 1. The van der Waals surface area contributed by atoms with Crippen LogP contribution in [0.25, 0.3) is 0 Å². The molecular formula is C13H18O3. The second-order valence-corrected chi connectivity index (χ2v) is 4.92. The number of phenols is 1. The molecule has 0 unspecified atom stereocenters. The van der Waals surface area contributed by atoms with E-state index in [9.17, 15) is 9.90 Å². The summed E-state index contributed by atoms with van der Waals surface area (Å²) < 4.78 is 0. The van der Waals surface area contributed by atoms with Gasteiger partial charge >= 0.3 is 5.97 Å². The fourth-order valence-electron chi connectivity index (χ4n) is 1.60. The summed E-state index contributed by atoms with van der Waals surface area (Å²) in [6.45, 7) is 7.12. The van der Waals surface area contributed by atoms with Gasteiger partial charge < -0.3 is 10.2 Å². The number of carboxylic acids is 1. The topological polar surface area (TPSA) is 57.5 Å². The molecule has 0 radical (unpaired) electrons. The zero-order chi connectivity index (χ0) is 12.5. The van der Waals surface area contributed by atoms with Gasteiger partial charge in [-0.25, -0.2) is 0 Å². The Balaban J connectivity index is 3.04. The largest absolute Gasteiger partial charge is 0.508 e. The monoisotopic (exact) mass is 222 g/mol. The molecule has 1 aromatic carbocycles. The highest BCUT2D eigenvalue weighted by atomic mass is 16.4. The molecule has 0 aliphatic heterocycles. The average Bonchev–Trinajstić information content (AvgIpc) is 2.13. The van der Waals surface area contributed by atoms with E-state index in [1.807, 2.05) is 19.9 Å². The van der Waals surface area contributed by atoms with Gasteiger partial charge in [-0.1, -0.05) is 6.07 Å². The average molecular weight is 222 g/mol. The lowest BCUT2D eigenvalue weighted by Gasteiger charge is -2.19. The van der Waals surface area contributed by atoms with Crippen LogP contribution in [-0.4, -0.2) is 16.2 Å². The van der Waals surface area contributed by atoms with Gasteiger partial charge in [0, 0.05) is 0 Å². The highest BCUT2D eigenvalue weighted by Crippen LogP contribution is 2.27. The zero-order valence-corrected chi connectivity index (χ0v) is 10.2. The first-order valence-electron chi connectivity index (χ1n) is 5.26. The number of hydrogen-bond donors (Lipinski definition) is 2. The van der Waals surface area contributed by atoms with Crippen LogP contribution < -0.4 is 0 Å². The summed E-state index contributed by atoms with van der Waals surface area (Å²) >= 11 is 0. The van der Waals surface area contributed by atoms with Gasteiger partial charge in [-0.2, -0.15) is 0 Å². The molecule has 2 N–H and O–H groups in total. The van der Waals surface area contributed by atoms with Gasteiger partial charge in [0.2, 0.25) is 0 Å². The number of benzene rings is 1. The van der Waals surface area contributed by atoms with Gasteiger partial charge in [-0.3, -0.25) is 4.79 Å². The molecule has 3 nitrogen and oxygen atoms in total. The third-order valence-electron chi connectivity index (χ3n) is 2.92. The van der Waals surface area contributed by atoms with Crippen molar-refractivity contribution >= 4 is 5.97 Å². The molecule has 0 saturated heterocycles. The minimum absolute atomic E-state index is 0.233. The van der Waals surface area contributed by atoms with Crippen molar-refractivity contribution in [2.75, 3.05) is 0 Å². The van der Waals surface area contributed by atoms with E-state index >= 15 is 0 Å². The lowest BCUT2D eigenvalue weighted by molar-refractivity contribution is -0.146. The molecule has 1 rings (SSSR count). The summed E-state index contributed by atoms with van der Waals surface area (Å²) in [7, 11) is 0. The predicted octanol–water partition coefficient (Wildman–Crippen LogP) is 2.66. The van der Waals surface area contributed by atoms with E-state index in [0.717, 1.165) is 16.7 Å². The lowest BCUT2D eigenvalue weighted by Crippen LogP contribution is -2.26. The first-order valence-corrected chi connectivity index (χ1v) is 5.26. The maximum absolute atomic E-state index is 11.0. The van der Waals surface area contributed by atoms with E-state index in [4.69, 9.17) is 5.11 Å². The van der Waals surface area contributed by atoms with Crippen molar-refractivity contribution in [1.82, 2.24) is 0 Å². The van der Waals surface area contributed by atoms with E-state index in [1.54, 1.807) is 19.9 Å². The lowest BCUT2D eigenvalue weighted by atomic mass is 9.85. The minimum atomic E-state index is -0.829. The van der Waals surface area contributed by atoms with Gasteiger partial charge in [0.05, 0.1) is 5.41 Å². The molecular weight excluding hydrogens is 204 g/mol. The Hall–Kier alpha value is -1.51. The van der Waals surface area contributed by atoms with Gasteiger partial charge in [-0.15, -0.1) is 0 Å². The van der Waals surface area contributed by atoms with Crippen molar-refractivity contribution in [2.45, 2.75) is 34.1 Å². The Kier molecular flexibility index (Phi) is 3.27. The number of aliphatic carboxylic acids is 1. The molecule has 1 aromatic rings. The Bertz CT molecular complexity index is 396. The maximum Gasteiger partial charge on any atom is 0.309 e. The summed E-state index contributed by atoms with van der Waals surface area (Å²) in [4.78, 5) is 11.0. The molecule has 16 heavy (non-hydrogen) atoms. The predicted molar refractivity (Wildman–Crippen MR) is 62.7 cm³/mol. The van der Waals surface area contributed by atoms with Crippen molar-refractivity contribution in [3.63, 3.8) is 0 Å². The first kappa shape index (κ1) is 12.6. The second kappa shape index (κ2) is 4.16. The van der Waals surface area contributed by atoms with Crippen molar-refractivity contribution in [2.24, 2.45) is 5.41 Å². The molecule has 0 atom stereocenters. The Morgan fingerprint density at radius 1 is 1.31 bits per heavy atom. The van der Waals surface area contributed by atoms with Crippen LogP contribution in [0.15, 0.2) is 12.1 Å². The quantitative estimate of drug-likeness (QED) is 0.826. The van der Waals surface area contributed by atoms with Crippen LogP contribution in [0, 0.1) is 19.3 Å². The van der Waals surface area contributed by atoms with Crippen LogP contribution in [0.1, 0.15) is 30.5 Å². The number of carbonyl (C=O) groups is 1. The van der Waals surface area contributed by atoms with E-state index in [-0.39, 0.29) is 5.75 Å². The van der Waals surface area contributed by atoms with Crippen LogP contribution in [-0.2, 0) is 11.2 Å². The molecule has 0 aliphatic rings. The minimum Gasteiger partial charge on any atom is -0.508 e. The van der Waals surface area contributed by atoms with Gasteiger partial charge in [0.15, 0.2) is 0 Å². The molecule has 0 heterocycles. The molecule has 0 aromatic heterocycles. The fraction of sp³-hybridized carbons (Fsp3) is 0.462. The number of aryl methyl sites for hydroxylation is 1. The standard InChI is InChI=1S/C13H18O3/c1-8-5-10(6-11(14)9(8)2)7-13(3,4)12(15)16/h5-6,14H,7H2,1-4H3,(H,15,16). The molecule has 0 fully saturated rings. The third-order valence-corrected chi connectivity index (χ3v) is 2.92. The maximum atomic E-state index is 11.0. The molecule has 0 spiro atoms. The summed E-state index contributed by atoms with van der Waals surface area (Å²) in [5, 5.41) is 18.7. The normalized spacial score (nSPS) is 11.5. The summed E-state index contributed by atoms with van der Waals surface area (Å²) in [5.74, 6) is -0.596. The van der Waals surface area contributed by atoms with Crippen LogP contribution in [0.2, 0.25) is 0 Å². The molecule has 3 heteroatoms. The van der Waals surface area contributed by atoms with E-state index in [0.29, 0.717) is 6.42 Å². The smallest absolute Gasteiger partial charge is 0.309 e. The highest BCUT2D eigenvalue weighted by molar-refractivity contribution is 5.74. The molecule has 0 saturated carbocycles. The van der Waals surface area contributed by atoms with Crippen molar-refractivity contribution in [3.05, 3.63) is 28.8 Å². The van der Waals surface area contributed by atoms with Crippen molar-refractivity contribution in [3.8, 4) is 5.75 Å². The van der Waals surface area contributed by atoms with Gasteiger partial charge in [0.25, 0.3) is 0 Å². The zero-order valence-electron chi connectivity index (χ0n) is 10.2. The van der Waals surface area contributed by atoms with E-state index < -0.39 is 11.4 Å². The number of carboxylic acid groups (broad SMARTS) is 1. The number of hydrogen-bond acceptors (Lipinski definition) is 2. The summed E-state index contributed by atoms with van der Waals surface area (Å²) in [5.41, 5.74) is 1.87. The fourth-order valence-corrected chi connectivity index (χ4v) is 1.60. The van der Waals surface area contributed by atoms with E-state index in [1.165, 1.54) is 0 Å². The summed E-state index contributed by atoms with van der Waals surface area (Å²) in [6, 6.07) is 3.58. The summed E-state index contributed by atoms with van der Waals surface area (Å²) in [6.07, 6.45) is 0.414. The van der Waals surface area contributed by atoms with Crippen LogP contribution >= 0.6 is 0 Å². The van der Waals surface area contributed by atoms with Crippen LogP contribution in [0.5, 0.6) is 5.75 Å².